The molecule has 0 aromatic carbocycles. The molecule has 0 spiro atoms. The van der Waals surface area contributed by atoms with Crippen LogP contribution in [0.4, 0.5) is 11.8 Å². The number of nitrogens with zero attached hydrogens (tertiary/aromatic N) is 5. The Morgan fingerprint density at radius 1 is 1.19 bits per heavy atom. The second-order valence-corrected chi connectivity index (χ2v) is 10.2. The zero-order chi connectivity index (χ0) is 25.4. The number of anilines is 2. The van der Waals surface area contributed by atoms with Crippen molar-refractivity contribution in [1.82, 2.24) is 25.3 Å². The summed E-state index contributed by atoms with van der Waals surface area (Å²) in [6, 6.07) is 5.42. The van der Waals surface area contributed by atoms with Crippen LogP contribution in [-0.2, 0) is 9.47 Å². The molecule has 1 aliphatic heterocycles. The molecule has 1 saturated carbocycles. The summed E-state index contributed by atoms with van der Waals surface area (Å²) in [4.78, 5) is 17.8. The van der Waals surface area contributed by atoms with Crippen molar-refractivity contribution < 1.29 is 9.47 Å². The van der Waals surface area contributed by atoms with Crippen LogP contribution in [0.15, 0.2) is 18.6 Å². The quantitative estimate of drug-likeness (QED) is 0.431. The van der Waals surface area contributed by atoms with Crippen molar-refractivity contribution in [2.75, 3.05) is 44.1 Å². The van der Waals surface area contributed by atoms with Crippen LogP contribution >= 0.6 is 11.6 Å². The summed E-state index contributed by atoms with van der Waals surface area (Å²) in [5.41, 5.74) is 0.689. The number of aromatic nitrogens is 4. The van der Waals surface area contributed by atoms with E-state index < -0.39 is 5.41 Å². The van der Waals surface area contributed by atoms with Crippen LogP contribution in [0, 0.1) is 16.7 Å². The first-order chi connectivity index (χ1) is 17.5. The first-order valence-electron chi connectivity index (χ1n) is 12.6. The van der Waals surface area contributed by atoms with Gasteiger partial charge in [-0.25, -0.2) is 19.9 Å². The van der Waals surface area contributed by atoms with Gasteiger partial charge in [-0.3, -0.25) is 0 Å². The molecule has 3 N–H and O–H groups in total. The molecule has 1 unspecified atom stereocenters. The van der Waals surface area contributed by atoms with Crippen LogP contribution in [0.1, 0.15) is 45.4 Å². The van der Waals surface area contributed by atoms with E-state index in [0.29, 0.717) is 85.5 Å². The Labute approximate surface area is 217 Å². The molecule has 1 atom stereocenters. The molecule has 2 aromatic rings. The van der Waals surface area contributed by atoms with E-state index in [0.717, 1.165) is 25.7 Å². The summed E-state index contributed by atoms with van der Waals surface area (Å²) >= 11 is 6.45. The van der Waals surface area contributed by atoms with Gasteiger partial charge in [-0.15, -0.1) is 0 Å². The van der Waals surface area contributed by atoms with Gasteiger partial charge in [0.1, 0.15) is 17.8 Å². The van der Waals surface area contributed by atoms with Gasteiger partial charge in [0, 0.05) is 51.1 Å². The van der Waals surface area contributed by atoms with Crippen molar-refractivity contribution in [3.8, 4) is 17.5 Å². The van der Waals surface area contributed by atoms with Gasteiger partial charge in [0.05, 0.1) is 35.0 Å². The maximum absolute atomic E-state index is 9.70. The molecule has 36 heavy (non-hydrogen) atoms. The third-order valence-corrected chi connectivity index (χ3v) is 7.22. The minimum absolute atomic E-state index is 0.305. The fraction of sp³-hybridized carbons (Fsp3) is 0.640. The van der Waals surface area contributed by atoms with Gasteiger partial charge < -0.3 is 25.4 Å². The lowest BCUT2D eigenvalue weighted by atomic mass is 9.82. The standard InChI is InChI=1S/C25H35ClN8O2/c1-17(13-35-2)32-18-3-5-19(6-4-18)33-24-28-12-20(26)23(34-24)21-11-22(31-16-30-21)29-15-25(14-27)7-9-36-10-8-25/h11-12,16-19,32H,3-10,13,15H2,1-2H3,(H,28,33,34)(H,29,30,31). The highest BCUT2D eigenvalue weighted by Gasteiger charge is 2.32. The number of ether oxygens (including phenoxy) is 2. The zero-order valence-electron chi connectivity index (χ0n) is 21.0. The average molecular weight is 515 g/mol. The number of rotatable bonds is 10. The first-order valence-corrected chi connectivity index (χ1v) is 13.0. The summed E-state index contributed by atoms with van der Waals surface area (Å²) in [5.74, 6) is 1.16. The van der Waals surface area contributed by atoms with E-state index in [1.165, 1.54) is 6.33 Å². The molecule has 3 heterocycles. The molecule has 2 aromatic heterocycles. The third kappa shape index (κ3) is 7.01. The maximum atomic E-state index is 9.70. The van der Waals surface area contributed by atoms with Gasteiger partial charge in [-0.1, -0.05) is 11.6 Å². The van der Waals surface area contributed by atoms with Gasteiger partial charge in [0.2, 0.25) is 5.95 Å². The van der Waals surface area contributed by atoms with Crippen LogP contribution in [0.5, 0.6) is 0 Å². The molecule has 2 aliphatic rings. The number of halogens is 1. The molecule has 194 valence electrons. The van der Waals surface area contributed by atoms with E-state index >= 15 is 0 Å². The normalized spacial score (nSPS) is 22.4. The van der Waals surface area contributed by atoms with Crippen molar-refractivity contribution in [2.45, 2.75) is 63.6 Å². The van der Waals surface area contributed by atoms with Crippen molar-refractivity contribution in [3.05, 3.63) is 23.6 Å². The second-order valence-electron chi connectivity index (χ2n) is 9.75. The van der Waals surface area contributed by atoms with E-state index in [2.05, 4.69) is 48.9 Å². The third-order valence-electron chi connectivity index (χ3n) is 6.95. The Balaban J connectivity index is 1.37. The van der Waals surface area contributed by atoms with E-state index in [1.807, 2.05) is 0 Å². The lowest BCUT2D eigenvalue weighted by molar-refractivity contribution is 0.0455. The Hall–Kier alpha value is -2.58. The molecule has 2 fully saturated rings. The van der Waals surface area contributed by atoms with Crippen LogP contribution in [-0.4, -0.2) is 71.5 Å². The molecule has 4 rings (SSSR count). The zero-order valence-corrected chi connectivity index (χ0v) is 21.7. The fourth-order valence-corrected chi connectivity index (χ4v) is 5.03. The lowest BCUT2D eigenvalue weighted by Gasteiger charge is -2.31. The highest BCUT2D eigenvalue weighted by Crippen LogP contribution is 2.31. The number of nitriles is 1. The molecule has 10 nitrogen and oxygen atoms in total. The first kappa shape index (κ1) is 26.5. The average Bonchev–Trinajstić information content (AvgIpc) is 2.90. The minimum atomic E-state index is -0.455. The predicted molar refractivity (Wildman–Crippen MR) is 139 cm³/mol. The van der Waals surface area contributed by atoms with Crippen LogP contribution in [0.2, 0.25) is 5.02 Å². The van der Waals surface area contributed by atoms with Gasteiger partial charge in [-0.2, -0.15) is 5.26 Å². The Kier molecular flexibility index (Phi) is 9.26. The largest absolute Gasteiger partial charge is 0.383 e. The SMILES string of the molecule is COCC(C)NC1CCC(Nc2ncc(Cl)c(-c3cc(NCC4(C#N)CCOCC4)ncn3)n2)CC1. The van der Waals surface area contributed by atoms with Crippen molar-refractivity contribution in [1.29, 1.82) is 5.26 Å². The molecule has 0 amide bonds. The van der Waals surface area contributed by atoms with Crippen molar-refractivity contribution in [3.63, 3.8) is 0 Å². The van der Waals surface area contributed by atoms with E-state index in [1.54, 1.807) is 19.4 Å². The molecule has 0 bridgehead atoms. The highest BCUT2D eigenvalue weighted by atomic mass is 35.5. The monoisotopic (exact) mass is 514 g/mol. The fourth-order valence-electron chi connectivity index (χ4n) is 4.84. The van der Waals surface area contributed by atoms with Gasteiger partial charge >= 0.3 is 0 Å². The predicted octanol–water partition coefficient (Wildman–Crippen LogP) is 3.67. The van der Waals surface area contributed by atoms with E-state index in [4.69, 9.17) is 21.1 Å². The number of methoxy groups -OCH3 is 1. The summed E-state index contributed by atoms with van der Waals surface area (Å²) in [6.45, 7) is 4.56. The summed E-state index contributed by atoms with van der Waals surface area (Å²) < 4.78 is 10.6. The highest BCUT2D eigenvalue weighted by molar-refractivity contribution is 6.32. The summed E-state index contributed by atoms with van der Waals surface area (Å²) in [6.07, 6.45) is 8.72. The molecule has 1 saturated heterocycles. The Morgan fingerprint density at radius 2 is 1.94 bits per heavy atom. The molecule has 1 aliphatic carbocycles. The Bertz CT molecular complexity index is 1030. The topological polar surface area (TPSA) is 130 Å². The van der Waals surface area contributed by atoms with Crippen LogP contribution in [0.3, 0.4) is 0 Å². The van der Waals surface area contributed by atoms with Crippen LogP contribution < -0.4 is 16.0 Å². The smallest absolute Gasteiger partial charge is 0.223 e. The minimum Gasteiger partial charge on any atom is -0.383 e. The number of hydrogen-bond donors (Lipinski definition) is 3. The Morgan fingerprint density at radius 3 is 2.67 bits per heavy atom. The van der Waals surface area contributed by atoms with Crippen molar-refractivity contribution >= 4 is 23.4 Å². The van der Waals surface area contributed by atoms with Crippen molar-refractivity contribution in [2.24, 2.45) is 5.41 Å². The summed E-state index contributed by atoms with van der Waals surface area (Å²) in [7, 11) is 1.73. The van der Waals surface area contributed by atoms with Gasteiger partial charge in [0.15, 0.2) is 0 Å². The van der Waals surface area contributed by atoms with Crippen LogP contribution in [0.25, 0.3) is 11.4 Å². The van der Waals surface area contributed by atoms with E-state index in [9.17, 15) is 5.26 Å². The second kappa shape index (κ2) is 12.6. The van der Waals surface area contributed by atoms with E-state index in [-0.39, 0.29) is 0 Å². The van der Waals surface area contributed by atoms with Gasteiger partial charge in [-0.05, 0) is 45.4 Å². The van der Waals surface area contributed by atoms with Gasteiger partial charge in [0.25, 0.3) is 0 Å². The number of nitrogens with one attached hydrogen (secondary N) is 3. The molecular formula is C25H35ClN8O2. The lowest BCUT2D eigenvalue weighted by Crippen LogP contribution is -2.43. The number of hydrogen-bond acceptors (Lipinski definition) is 10. The summed E-state index contributed by atoms with van der Waals surface area (Å²) in [5, 5.41) is 20.5. The molecule has 11 heteroatoms. The molecule has 0 radical (unpaired) electrons. The maximum Gasteiger partial charge on any atom is 0.223 e. The molecular weight excluding hydrogens is 480 g/mol.